The first-order valence-electron chi connectivity index (χ1n) is 9.05. The molecular weight excluding hydrogens is 364 g/mol. The number of halogens is 1. The summed E-state index contributed by atoms with van der Waals surface area (Å²) in [4.78, 5) is 20.1. The first-order chi connectivity index (χ1) is 13.0. The Morgan fingerprint density at radius 3 is 2.85 bits per heavy atom. The molecule has 0 saturated carbocycles. The van der Waals surface area contributed by atoms with Crippen LogP contribution >= 0.6 is 11.6 Å². The lowest BCUT2D eigenvalue weighted by molar-refractivity contribution is 0.452. The summed E-state index contributed by atoms with van der Waals surface area (Å²) in [7, 11) is 6.01. The van der Waals surface area contributed by atoms with Gasteiger partial charge in [-0.3, -0.25) is 0 Å². The average Bonchev–Trinajstić information content (AvgIpc) is 3.11. The van der Waals surface area contributed by atoms with Crippen molar-refractivity contribution in [2.45, 2.75) is 18.9 Å². The van der Waals surface area contributed by atoms with Gasteiger partial charge in [0.15, 0.2) is 5.58 Å². The Balaban J connectivity index is 1.54. The van der Waals surface area contributed by atoms with E-state index in [0.29, 0.717) is 11.0 Å². The second-order valence-electron chi connectivity index (χ2n) is 7.07. The van der Waals surface area contributed by atoms with Crippen molar-refractivity contribution in [1.82, 2.24) is 15.0 Å². The highest BCUT2D eigenvalue weighted by Crippen LogP contribution is 2.28. The van der Waals surface area contributed by atoms with Gasteiger partial charge in [-0.1, -0.05) is 11.6 Å². The minimum atomic E-state index is 0.287. The summed E-state index contributed by atoms with van der Waals surface area (Å²) in [6.07, 6.45) is 3.94. The van der Waals surface area contributed by atoms with E-state index in [1.165, 1.54) is 0 Å². The molecule has 0 amide bonds. The third-order valence-corrected chi connectivity index (χ3v) is 5.19. The third kappa shape index (κ3) is 3.64. The molecule has 1 fully saturated rings. The minimum absolute atomic E-state index is 0.287. The number of hydrogen-bond donors (Lipinski definition) is 0. The Bertz CT molecular complexity index is 943. The summed E-state index contributed by atoms with van der Waals surface area (Å²) < 4.78 is 5.95. The molecule has 3 aromatic rings. The predicted octanol–water partition coefficient (Wildman–Crippen LogP) is 3.44. The zero-order valence-electron chi connectivity index (χ0n) is 15.8. The van der Waals surface area contributed by atoms with Gasteiger partial charge < -0.3 is 19.1 Å². The summed E-state index contributed by atoms with van der Waals surface area (Å²) in [5.41, 5.74) is 1.54. The molecule has 1 aromatic carbocycles. The lowest BCUT2D eigenvalue weighted by Crippen LogP contribution is -2.47. The quantitative estimate of drug-likeness (QED) is 0.680. The molecule has 0 radical (unpaired) electrons. The zero-order chi connectivity index (χ0) is 19.0. The van der Waals surface area contributed by atoms with Crippen LogP contribution in [0, 0.1) is 0 Å². The first-order valence-corrected chi connectivity index (χ1v) is 9.43. The van der Waals surface area contributed by atoms with Crippen molar-refractivity contribution >= 4 is 40.5 Å². The van der Waals surface area contributed by atoms with Gasteiger partial charge in [0.25, 0.3) is 6.01 Å². The summed E-state index contributed by atoms with van der Waals surface area (Å²) in [6, 6.07) is 8.36. The molecule has 7 nitrogen and oxygen atoms in total. The van der Waals surface area contributed by atoms with Crippen LogP contribution in [-0.4, -0.2) is 55.2 Å². The monoisotopic (exact) mass is 386 g/mol. The molecule has 3 heterocycles. The molecule has 1 aliphatic rings. The van der Waals surface area contributed by atoms with Crippen LogP contribution in [0.5, 0.6) is 0 Å². The molecule has 27 heavy (non-hydrogen) atoms. The summed E-state index contributed by atoms with van der Waals surface area (Å²) in [5.74, 6) is 1.63. The van der Waals surface area contributed by atoms with Gasteiger partial charge in [-0.25, -0.2) is 4.98 Å². The number of fused-ring (bicyclic) bond motifs is 1. The van der Waals surface area contributed by atoms with E-state index in [9.17, 15) is 0 Å². The molecule has 0 N–H and O–H groups in total. The number of aromatic nitrogens is 3. The van der Waals surface area contributed by atoms with Gasteiger partial charge in [-0.05, 0) is 37.1 Å². The number of rotatable bonds is 4. The first kappa shape index (κ1) is 17.9. The maximum atomic E-state index is 6.06. The zero-order valence-corrected chi connectivity index (χ0v) is 16.5. The smallest absolute Gasteiger partial charge is 0.298 e. The number of oxazole rings is 1. The average molecular weight is 387 g/mol. The number of hydrogen-bond acceptors (Lipinski definition) is 7. The van der Waals surface area contributed by atoms with Gasteiger partial charge in [0.1, 0.15) is 11.3 Å². The molecule has 8 heteroatoms. The van der Waals surface area contributed by atoms with Crippen molar-refractivity contribution in [2.75, 3.05) is 48.9 Å². The predicted molar refractivity (Wildman–Crippen MR) is 109 cm³/mol. The van der Waals surface area contributed by atoms with Crippen molar-refractivity contribution in [1.29, 1.82) is 0 Å². The van der Waals surface area contributed by atoms with E-state index in [0.717, 1.165) is 48.8 Å². The fourth-order valence-electron chi connectivity index (χ4n) is 3.39. The van der Waals surface area contributed by atoms with Crippen molar-refractivity contribution in [3.05, 3.63) is 35.5 Å². The maximum absolute atomic E-state index is 6.06. The molecule has 2 aromatic heterocycles. The molecule has 1 atom stereocenters. The Labute approximate surface area is 163 Å². The van der Waals surface area contributed by atoms with Crippen LogP contribution in [0.15, 0.2) is 34.9 Å². The van der Waals surface area contributed by atoms with Crippen LogP contribution in [-0.2, 0) is 0 Å². The topological polar surface area (TPSA) is 61.5 Å². The van der Waals surface area contributed by atoms with E-state index in [2.05, 4.69) is 31.8 Å². The minimum Gasteiger partial charge on any atom is -0.423 e. The van der Waals surface area contributed by atoms with Gasteiger partial charge in [0.05, 0.1) is 0 Å². The van der Waals surface area contributed by atoms with Crippen molar-refractivity contribution in [3.8, 4) is 0 Å². The van der Waals surface area contributed by atoms with E-state index in [1.54, 1.807) is 6.20 Å². The Morgan fingerprint density at radius 2 is 2.04 bits per heavy atom. The number of nitrogens with zero attached hydrogens (tertiary/aromatic N) is 6. The Morgan fingerprint density at radius 1 is 1.19 bits per heavy atom. The molecular formula is C19H23ClN6O. The van der Waals surface area contributed by atoms with E-state index in [4.69, 9.17) is 16.0 Å². The fraction of sp³-hybridized carbons (Fsp3) is 0.421. The molecule has 0 aliphatic carbocycles. The van der Waals surface area contributed by atoms with Crippen molar-refractivity contribution in [3.63, 3.8) is 0 Å². The van der Waals surface area contributed by atoms with Crippen LogP contribution in [0.4, 0.5) is 17.8 Å². The van der Waals surface area contributed by atoms with Crippen LogP contribution < -0.4 is 14.7 Å². The molecule has 0 bridgehead atoms. The molecule has 0 spiro atoms. The van der Waals surface area contributed by atoms with Gasteiger partial charge in [-0.15, -0.1) is 0 Å². The second kappa shape index (κ2) is 7.23. The molecule has 4 rings (SSSR count). The lowest BCUT2D eigenvalue weighted by atomic mass is 10.1. The number of likely N-dealkylation sites (N-methyl/N-ethyl adjacent to an activating group) is 1. The van der Waals surface area contributed by atoms with Gasteiger partial charge in [0, 0.05) is 51.5 Å². The molecule has 1 aliphatic heterocycles. The second-order valence-corrected chi connectivity index (χ2v) is 7.51. The van der Waals surface area contributed by atoms with E-state index < -0.39 is 0 Å². The largest absolute Gasteiger partial charge is 0.423 e. The molecule has 142 valence electrons. The number of piperidine rings is 1. The number of anilines is 3. The highest BCUT2D eigenvalue weighted by Gasteiger charge is 2.27. The highest BCUT2D eigenvalue weighted by molar-refractivity contribution is 6.31. The third-order valence-electron chi connectivity index (χ3n) is 4.95. The van der Waals surface area contributed by atoms with E-state index in [1.807, 2.05) is 43.3 Å². The van der Waals surface area contributed by atoms with Crippen LogP contribution in [0.1, 0.15) is 12.8 Å². The highest BCUT2D eigenvalue weighted by atomic mass is 35.5. The van der Waals surface area contributed by atoms with E-state index >= 15 is 0 Å². The van der Waals surface area contributed by atoms with E-state index in [-0.39, 0.29) is 6.04 Å². The van der Waals surface area contributed by atoms with Crippen molar-refractivity contribution < 1.29 is 4.42 Å². The van der Waals surface area contributed by atoms with Gasteiger partial charge in [0.2, 0.25) is 5.95 Å². The van der Waals surface area contributed by atoms with Crippen LogP contribution in [0.25, 0.3) is 11.1 Å². The standard InChI is InChI=1S/C19H23ClN6O/c1-24(2)17-8-9-21-18(23-17)25(3)14-5-4-10-26(12-14)19-22-15-11-13(20)6-7-16(15)27-19/h6-9,11,14H,4-5,10,12H2,1-3H3. The normalized spacial score (nSPS) is 17.3. The maximum Gasteiger partial charge on any atom is 0.298 e. The van der Waals surface area contributed by atoms with Crippen LogP contribution in [0.3, 0.4) is 0 Å². The van der Waals surface area contributed by atoms with Gasteiger partial charge in [-0.2, -0.15) is 9.97 Å². The molecule has 1 saturated heterocycles. The summed E-state index contributed by atoms with van der Waals surface area (Å²) >= 11 is 6.06. The SMILES string of the molecule is CN(C)c1ccnc(N(C)C2CCCN(c3nc4cc(Cl)ccc4o3)C2)n1. The van der Waals surface area contributed by atoms with Crippen LogP contribution in [0.2, 0.25) is 5.02 Å². The fourth-order valence-corrected chi connectivity index (χ4v) is 3.56. The van der Waals surface area contributed by atoms with Gasteiger partial charge >= 0.3 is 0 Å². The number of benzene rings is 1. The summed E-state index contributed by atoms with van der Waals surface area (Å²) in [6.45, 7) is 1.73. The Kier molecular flexibility index (Phi) is 4.78. The summed E-state index contributed by atoms with van der Waals surface area (Å²) in [5, 5.41) is 0.663. The van der Waals surface area contributed by atoms with Crippen molar-refractivity contribution in [2.24, 2.45) is 0 Å². The lowest BCUT2D eigenvalue weighted by Gasteiger charge is -2.37. The Hall–Kier alpha value is -2.54. The molecule has 1 unspecified atom stereocenters.